The molecule has 2 N–H and O–H groups in total. The van der Waals surface area contributed by atoms with Gasteiger partial charge in [-0.3, -0.25) is 0 Å². The number of aromatic nitrogens is 1. The van der Waals surface area contributed by atoms with Gasteiger partial charge in [-0.15, -0.1) is 0 Å². The van der Waals surface area contributed by atoms with Crippen LogP contribution in [0.25, 0.3) is 0 Å². The summed E-state index contributed by atoms with van der Waals surface area (Å²) in [4.78, 5) is 6.72. The van der Waals surface area contributed by atoms with Gasteiger partial charge in [-0.05, 0) is 37.4 Å². The van der Waals surface area contributed by atoms with Crippen LogP contribution < -0.4 is 10.6 Å². The summed E-state index contributed by atoms with van der Waals surface area (Å²) in [5.74, 6) is 0.902. The second kappa shape index (κ2) is 4.34. The molecule has 1 atom stereocenters. The van der Waals surface area contributed by atoms with Gasteiger partial charge in [0.2, 0.25) is 0 Å². The number of nitriles is 1. The van der Waals surface area contributed by atoms with E-state index < -0.39 is 0 Å². The molecule has 4 nitrogen and oxygen atoms in total. The van der Waals surface area contributed by atoms with Gasteiger partial charge in [0.05, 0.1) is 11.6 Å². The number of nitrogens with zero attached hydrogens (tertiary/aromatic N) is 3. The van der Waals surface area contributed by atoms with E-state index in [0.29, 0.717) is 12.1 Å². The van der Waals surface area contributed by atoms with Crippen molar-refractivity contribution in [3.8, 4) is 6.07 Å². The van der Waals surface area contributed by atoms with Crippen molar-refractivity contribution in [1.82, 2.24) is 4.98 Å². The summed E-state index contributed by atoms with van der Waals surface area (Å²) < 4.78 is 0. The van der Waals surface area contributed by atoms with E-state index in [1.807, 2.05) is 19.1 Å². The van der Waals surface area contributed by atoms with E-state index in [1.54, 1.807) is 0 Å². The highest BCUT2D eigenvalue weighted by Gasteiger charge is 2.33. The SMILES string of the molecule is Cc1cc(C#N)cc(N2CCC(C)(CN)C2)n1. The molecule has 0 spiro atoms. The molecule has 0 radical (unpaired) electrons. The number of aryl methyl sites for hydroxylation is 1. The molecule has 1 aliphatic heterocycles. The number of nitrogens with two attached hydrogens (primary N) is 1. The lowest BCUT2D eigenvalue weighted by Gasteiger charge is -2.23. The minimum absolute atomic E-state index is 0.179. The number of rotatable bonds is 2. The standard InChI is InChI=1S/C13H18N4/c1-10-5-11(7-14)6-12(16-10)17-4-3-13(2,8-15)9-17/h5-6H,3-4,8-9,15H2,1-2H3. The van der Waals surface area contributed by atoms with Crippen LogP contribution >= 0.6 is 0 Å². The van der Waals surface area contributed by atoms with Gasteiger partial charge in [-0.25, -0.2) is 4.98 Å². The lowest BCUT2D eigenvalue weighted by Crippen LogP contribution is -2.31. The van der Waals surface area contributed by atoms with Crippen LogP contribution in [-0.2, 0) is 0 Å². The maximum absolute atomic E-state index is 8.96. The highest BCUT2D eigenvalue weighted by molar-refractivity contribution is 5.47. The second-order valence-electron chi connectivity index (χ2n) is 5.15. The van der Waals surface area contributed by atoms with E-state index >= 15 is 0 Å². The predicted molar refractivity (Wildman–Crippen MR) is 67.7 cm³/mol. The molecule has 0 aromatic carbocycles. The minimum atomic E-state index is 0.179. The molecule has 1 aliphatic rings. The maximum atomic E-state index is 8.96. The fourth-order valence-electron chi connectivity index (χ4n) is 2.26. The first-order chi connectivity index (χ1) is 8.06. The van der Waals surface area contributed by atoms with Crippen molar-refractivity contribution >= 4 is 5.82 Å². The summed E-state index contributed by atoms with van der Waals surface area (Å²) >= 11 is 0. The molecule has 90 valence electrons. The molecule has 1 unspecified atom stereocenters. The van der Waals surface area contributed by atoms with Crippen LogP contribution in [0, 0.1) is 23.7 Å². The quantitative estimate of drug-likeness (QED) is 0.834. The molecule has 0 amide bonds. The number of anilines is 1. The highest BCUT2D eigenvalue weighted by atomic mass is 15.2. The van der Waals surface area contributed by atoms with Crippen molar-refractivity contribution in [2.24, 2.45) is 11.1 Å². The molecule has 0 bridgehead atoms. The van der Waals surface area contributed by atoms with E-state index in [9.17, 15) is 0 Å². The highest BCUT2D eigenvalue weighted by Crippen LogP contribution is 2.31. The summed E-state index contributed by atoms with van der Waals surface area (Å²) in [5, 5.41) is 8.96. The van der Waals surface area contributed by atoms with Crippen LogP contribution in [0.1, 0.15) is 24.6 Å². The van der Waals surface area contributed by atoms with Gasteiger partial charge < -0.3 is 10.6 Å². The molecule has 1 saturated heterocycles. The smallest absolute Gasteiger partial charge is 0.130 e. The van der Waals surface area contributed by atoms with Crippen molar-refractivity contribution in [3.63, 3.8) is 0 Å². The van der Waals surface area contributed by atoms with Crippen molar-refractivity contribution in [1.29, 1.82) is 5.26 Å². The van der Waals surface area contributed by atoms with E-state index in [1.165, 1.54) is 0 Å². The molecule has 0 saturated carbocycles. The number of hydrogen-bond donors (Lipinski definition) is 1. The largest absolute Gasteiger partial charge is 0.356 e. The Morgan fingerprint density at radius 3 is 2.94 bits per heavy atom. The van der Waals surface area contributed by atoms with Gasteiger partial charge >= 0.3 is 0 Å². The van der Waals surface area contributed by atoms with E-state index in [-0.39, 0.29) is 5.41 Å². The number of pyridine rings is 1. The Bertz CT molecular complexity index is 463. The summed E-state index contributed by atoms with van der Waals surface area (Å²) in [5.41, 5.74) is 7.54. The summed E-state index contributed by atoms with van der Waals surface area (Å²) in [6.45, 7) is 6.71. The van der Waals surface area contributed by atoms with E-state index in [4.69, 9.17) is 11.0 Å². The normalized spacial score (nSPS) is 23.8. The third kappa shape index (κ3) is 2.40. The second-order valence-corrected chi connectivity index (χ2v) is 5.15. The van der Waals surface area contributed by atoms with Crippen molar-refractivity contribution < 1.29 is 0 Å². The Hall–Kier alpha value is -1.60. The Labute approximate surface area is 102 Å². The molecule has 17 heavy (non-hydrogen) atoms. The first-order valence-electron chi connectivity index (χ1n) is 5.90. The molecule has 2 rings (SSSR count). The van der Waals surface area contributed by atoms with Crippen molar-refractivity contribution in [2.75, 3.05) is 24.5 Å². The summed E-state index contributed by atoms with van der Waals surface area (Å²) in [7, 11) is 0. The first kappa shape index (κ1) is 11.9. The molecule has 1 aromatic rings. The lowest BCUT2D eigenvalue weighted by atomic mass is 9.90. The molecule has 4 heteroatoms. The molecular weight excluding hydrogens is 212 g/mol. The van der Waals surface area contributed by atoms with E-state index in [0.717, 1.165) is 31.0 Å². The fraction of sp³-hybridized carbons (Fsp3) is 0.538. The van der Waals surface area contributed by atoms with Crippen LogP contribution in [0.4, 0.5) is 5.82 Å². The van der Waals surface area contributed by atoms with Crippen LogP contribution in [0.5, 0.6) is 0 Å². The Balaban J connectivity index is 2.25. The van der Waals surface area contributed by atoms with Gasteiger partial charge in [-0.1, -0.05) is 6.92 Å². The zero-order valence-corrected chi connectivity index (χ0v) is 10.4. The zero-order chi connectivity index (χ0) is 12.5. The predicted octanol–water partition coefficient (Wildman–Crippen LogP) is 1.44. The monoisotopic (exact) mass is 230 g/mol. The van der Waals surface area contributed by atoms with Crippen molar-refractivity contribution in [2.45, 2.75) is 20.3 Å². The topological polar surface area (TPSA) is 65.9 Å². The molecular formula is C13H18N4. The van der Waals surface area contributed by atoms with E-state index in [2.05, 4.69) is 22.9 Å². The van der Waals surface area contributed by atoms with Gasteiger partial charge in [0.15, 0.2) is 0 Å². The third-order valence-electron chi connectivity index (χ3n) is 3.44. The summed E-state index contributed by atoms with van der Waals surface area (Å²) in [6.07, 6.45) is 1.08. The van der Waals surface area contributed by atoms with Gasteiger partial charge in [0.1, 0.15) is 5.82 Å². The van der Waals surface area contributed by atoms with Crippen LogP contribution in [0.2, 0.25) is 0 Å². The molecule has 1 fully saturated rings. The van der Waals surface area contributed by atoms with Gasteiger partial charge in [0, 0.05) is 18.8 Å². The Morgan fingerprint density at radius 1 is 1.59 bits per heavy atom. The summed E-state index contributed by atoms with van der Waals surface area (Å²) in [6, 6.07) is 5.84. The maximum Gasteiger partial charge on any atom is 0.130 e. The van der Waals surface area contributed by atoms with Gasteiger partial charge in [-0.2, -0.15) is 5.26 Å². The molecule has 2 heterocycles. The fourth-order valence-corrected chi connectivity index (χ4v) is 2.26. The first-order valence-corrected chi connectivity index (χ1v) is 5.90. The molecule has 0 aliphatic carbocycles. The van der Waals surface area contributed by atoms with Crippen LogP contribution in [0.15, 0.2) is 12.1 Å². The zero-order valence-electron chi connectivity index (χ0n) is 10.4. The number of hydrogen-bond acceptors (Lipinski definition) is 4. The van der Waals surface area contributed by atoms with Crippen LogP contribution in [-0.4, -0.2) is 24.6 Å². The Kier molecular flexibility index (Phi) is 3.03. The molecule has 1 aromatic heterocycles. The minimum Gasteiger partial charge on any atom is -0.356 e. The van der Waals surface area contributed by atoms with Crippen molar-refractivity contribution in [3.05, 3.63) is 23.4 Å². The van der Waals surface area contributed by atoms with Gasteiger partial charge in [0.25, 0.3) is 0 Å². The van der Waals surface area contributed by atoms with Crippen LogP contribution in [0.3, 0.4) is 0 Å². The third-order valence-corrected chi connectivity index (χ3v) is 3.44. The average Bonchev–Trinajstić information content (AvgIpc) is 2.72. The Morgan fingerprint density at radius 2 is 2.35 bits per heavy atom. The lowest BCUT2D eigenvalue weighted by molar-refractivity contribution is 0.383. The average molecular weight is 230 g/mol.